The zero-order valence-corrected chi connectivity index (χ0v) is 34.6. The Bertz CT molecular complexity index is 1070. The molecule has 12 nitrogen and oxygen atoms in total. The largest absolute Gasteiger partial charge is 1.00 e. The van der Waals surface area contributed by atoms with E-state index < -0.39 is 17.9 Å². The minimum atomic E-state index is -0.639. The van der Waals surface area contributed by atoms with Crippen LogP contribution in [0.15, 0.2) is 48.5 Å². The number of hydrogen-bond acceptors (Lipinski definition) is 12. The van der Waals surface area contributed by atoms with Gasteiger partial charge in [0.2, 0.25) is 5.97 Å². The summed E-state index contributed by atoms with van der Waals surface area (Å²) in [6.45, 7) is 14.3. The number of carbonyl (C=O) groups excluding carboxylic acids is 4. The SMILES string of the molecule is C.C1CCOC1.C1COCCN1.CC(=O)OOC(C)=O.Ic1ccc(CN2CCOCC2)cc1.O=Cc1ccc(I)cc1.[B-]OC(C)=O.[Na+]. The quantitative estimate of drug-likeness (QED) is 0.159. The van der Waals surface area contributed by atoms with Gasteiger partial charge in [-0.2, -0.15) is 0 Å². The smallest absolute Gasteiger partial charge is 0.793 e. The number of ether oxygens (including phenoxy) is 3. The summed E-state index contributed by atoms with van der Waals surface area (Å²) in [4.78, 5) is 49.3. The van der Waals surface area contributed by atoms with Crippen molar-refractivity contribution in [1.29, 1.82) is 0 Å². The zero-order chi connectivity index (χ0) is 35.1. The van der Waals surface area contributed by atoms with Gasteiger partial charge in [0.1, 0.15) is 6.29 Å². The number of morpholine rings is 2. The van der Waals surface area contributed by atoms with E-state index in [1.165, 1.54) is 28.9 Å². The first-order valence-electron chi connectivity index (χ1n) is 14.9. The van der Waals surface area contributed by atoms with Crippen LogP contribution in [0, 0.1) is 7.14 Å². The van der Waals surface area contributed by atoms with E-state index in [4.69, 9.17) is 14.2 Å². The van der Waals surface area contributed by atoms with Crippen LogP contribution in [0.25, 0.3) is 0 Å². The van der Waals surface area contributed by atoms with Crippen molar-refractivity contribution in [3.8, 4) is 0 Å². The number of benzene rings is 2. The van der Waals surface area contributed by atoms with E-state index in [1.54, 1.807) is 12.1 Å². The minimum absolute atomic E-state index is 0. The van der Waals surface area contributed by atoms with E-state index in [0.717, 1.165) is 102 Å². The van der Waals surface area contributed by atoms with Gasteiger partial charge in [-0.15, -0.1) is 0 Å². The molecule has 3 aliphatic rings. The third-order valence-electron chi connectivity index (χ3n) is 5.55. The molecule has 16 heteroatoms. The number of hydrogen-bond donors (Lipinski definition) is 1. The zero-order valence-electron chi connectivity index (χ0n) is 28.3. The van der Waals surface area contributed by atoms with Crippen molar-refractivity contribution < 1.29 is 77.4 Å². The number of carbonyl (C=O) groups is 4. The number of nitrogens with zero attached hydrogens (tertiary/aromatic N) is 1. The van der Waals surface area contributed by atoms with Crippen molar-refractivity contribution in [2.75, 3.05) is 65.8 Å². The van der Waals surface area contributed by atoms with Crippen LogP contribution in [0.5, 0.6) is 0 Å². The van der Waals surface area contributed by atoms with Crippen molar-refractivity contribution in [3.63, 3.8) is 0 Å². The Hall–Kier alpha value is -1.16. The first kappa shape index (κ1) is 52.2. The van der Waals surface area contributed by atoms with Crippen LogP contribution in [0.4, 0.5) is 0 Å². The molecule has 3 fully saturated rings. The molecule has 0 aliphatic carbocycles. The van der Waals surface area contributed by atoms with E-state index in [2.05, 4.69) is 102 Å². The summed E-state index contributed by atoms with van der Waals surface area (Å²) >= 11 is 4.53. The van der Waals surface area contributed by atoms with Gasteiger partial charge in [0.25, 0.3) is 0 Å². The van der Waals surface area contributed by atoms with E-state index in [9.17, 15) is 19.2 Å². The Labute approximate surface area is 342 Å². The first-order valence-corrected chi connectivity index (χ1v) is 17.1. The second-order valence-electron chi connectivity index (χ2n) is 9.63. The second kappa shape index (κ2) is 36.6. The number of rotatable bonds is 3. The molecule has 3 aliphatic heterocycles. The van der Waals surface area contributed by atoms with Gasteiger partial charge in [-0.1, -0.05) is 31.7 Å². The molecule has 2 aromatic rings. The van der Waals surface area contributed by atoms with Crippen molar-refractivity contribution in [2.24, 2.45) is 0 Å². The summed E-state index contributed by atoms with van der Waals surface area (Å²) in [5, 5.41) is 3.16. The Morgan fingerprint density at radius 2 is 1.16 bits per heavy atom. The number of halogens is 2. The Morgan fingerprint density at radius 3 is 1.47 bits per heavy atom. The number of nitrogens with one attached hydrogen (secondary N) is 1. The molecule has 3 radical (unpaired) electrons. The Balaban J connectivity index is -0.000000537. The predicted molar refractivity (Wildman–Crippen MR) is 201 cm³/mol. The molecule has 0 spiro atoms. The fourth-order valence-electron chi connectivity index (χ4n) is 3.29. The maximum atomic E-state index is 10.1. The fourth-order valence-corrected chi connectivity index (χ4v) is 4.01. The molecule has 0 atom stereocenters. The Morgan fingerprint density at radius 1 is 0.755 bits per heavy atom. The van der Waals surface area contributed by atoms with Gasteiger partial charge in [0, 0.05) is 79.4 Å². The van der Waals surface area contributed by atoms with Crippen molar-refractivity contribution >= 4 is 77.4 Å². The van der Waals surface area contributed by atoms with Crippen LogP contribution >= 0.6 is 45.2 Å². The molecule has 2 aromatic carbocycles. The standard InChI is InChI=1S/C11H14INO.C7H5IO.C4H9NO.C4H6O4.C4H8O.C2H3BO2.CH4.Na/c12-11-3-1-10(2-4-11)9-13-5-7-14-8-6-13;8-7-3-1-6(5-9)2-4-7;1-3-6-4-2-5-1;1-3(5)7-8-4(2)6;1-2-4-5-3-1;1-2(4)5-3;;/h1-4H,5-9H2;1-5H;5H,1-4H2;1-2H3;1-4H2;1H3;1H4;/q;;;;;-1;;+1. The van der Waals surface area contributed by atoms with Crippen LogP contribution in [0.1, 0.15) is 57.0 Å². The summed E-state index contributed by atoms with van der Waals surface area (Å²) in [6, 6.07) is 16.2. The maximum absolute atomic E-state index is 10.1. The molecule has 0 bridgehead atoms. The van der Waals surface area contributed by atoms with E-state index in [-0.39, 0.29) is 37.0 Å². The van der Waals surface area contributed by atoms with E-state index >= 15 is 0 Å². The van der Waals surface area contributed by atoms with E-state index in [0.29, 0.717) is 0 Å². The molecule has 49 heavy (non-hydrogen) atoms. The Kier molecular flexibility index (Phi) is 39.0. The van der Waals surface area contributed by atoms with Crippen molar-refractivity contribution in [1.82, 2.24) is 10.2 Å². The van der Waals surface area contributed by atoms with Crippen LogP contribution in [-0.4, -0.2) is 103 Å². The van der Waals surface area contributed by atoms with Crippen LogP contribution in [0.3, 0.4) is 0 Å². The average Bonchev–Trinajstić information content (AvgIpc) is 3.69. The van der Waals surface area contributed by atoms with Crippen LogP contribution in [0.2, 0.25) is 0 Å². The van der Waals surface area contributed by atoms with Gasteiger partial charge in [0.05, 0.1) is 26.4 Å². The predicted octanol–water partition coefficient (Wildman–Crippen LogP) is 1.93. The van der Waals surface area contributed by atoms with Crippen LogP contribution in [-0.2, 0) is 49.6 Å². The molecule has 269 valence electrons. The monoisotopic (exact) mass is 921 g/mol. The van der Waals surface area contributed by atoms with Gasteiger partial charge in [0.15, 0.2) is 0 Å². The molecule has 1 N–H and O–H groups in total. The molecular weight excluding hydrogens is 872 g/mol. The second-order valence-corrected chi connectivity index (χ2v) is 12.1. The van der Waals surface area contributed by atoms with Gasteiger partial charge in [-0.05, 0) is 87.9 Å². The topological polar surface area (TPSA) is 139 Å². The summed E-state index contributed by atoms with van der Waals surface area (Å²) in [5.41, 5.74) is 2.13. The van der Waals surface area contributed by atoms with Gasteiger partial charge in [-0.25, -0.2) is 19.4 Å². The van der Waals surface area contributed by atoms with Gasteiger partial charge < -0.3 is 32.2 Å². The molecule has 0 amide bonds. The molecule has 0 unspecified atom stereocenters. The summed E-state index contributed by atoms with van der Waals surface area (Å²) < 4.78 is 21.3. The molecule has 3 heterocycles. The minimum Gasteiger partial charge on any atom is -0.793 e. The number of aldehydes is 1. The maximum Gasteiger partial charge on any atom is 1.00 e. The fraction of sp³-hybridized carbons (Fsp3) is 0.515. The van der Waals surface area contributed by atoms with Gasteiger partial charge >= 0.3 is 41.5 Å². The molecule has 0 saturated carbocycles. The van der Waals surface area contributed by atoms with Crippen molar-refractivity contribution in [3.05, 3.63) is 66.8 Å². The third-order valence-corrected chi connectivity index (χ3v) is 6.98. The normalized spacial score (nSPS) is 14.2. The molecule has 0 aromatic heterocycles. The molecule has 3 saturated heterocycles. The molecular formula is C33H49BI2N2NaO10. The van der Waals surface area contributed by atoms with Crippen LogP contribution < -0.4 is 34.9 Å². The summed E-state index contributed by atoms with van der Waals surface area (Å²) in [6.07, 6.45) is 3.40. The molecule has 5 rings (SSSR count). The first-order chi connectivity index (χ1) is 22.6. The van der Waals surface area contributed by atoms with Crippen molar-refractivity contribution in [2.45, 2.75) is 47.6 Å². The summed E-state index contributed by atoms with van der Waals surface area (Å²) in [7, 11) is 4.32. The van der Waals surface area contributed by atoms with E-state index in [1.807, 2.05) is 12.1 Å². The third kappa shape index (κ3) is 36.4. The average molecular weight is 921 g/mol. The van der Waals surface area contributed by atoms with Gasteiger partial charge in [-0.3, -0.25) is 14.5 Å². The summed E-state index contributed by atoms with van der Waals surface area (Å²) in [5.74, 6) is -1.74.